The van der Waals surface area contributed by atoms with Gasteiger partial charge in [-0.3, -0.25) is 4.79 Å². The van der Waals surface area contributed by atoms with Gasteiger partial charge in [-0.1, -0.05) is 19.8 Å². The zero-order valence-electron chi connectivity index (χ0n) is 9.48. The zero-order chi connectivity index (χ0) is 12.2. The Labute approximate surface area is 96.3 Å². The number of aliphatic carboxylic acids is 1. The van der Waals surface area contributed by atoms with Gasteiger partial charge in [0.15, 0.2) is 0 Å². The van der Waals surface area contributed by atoms with Gasteiger partial charge in [-0.25, -0.2) is 13.1 Å². The first kappa shape index (κ1) is 13.4. The summed E-state index contributed by atoms with van der Waals surface area (Å²) in [5, 5.41) is 8.44. The highest BCUT2D eigenvalue weighted by molar-refractivity contribution is 7.89. The maximum absolute atomic E-state index is 11.6. The second-order valence-corrected chi connectivity index (χ2v) is 6.32. The van der Waals surface area contributed by atoms with Crippen molar-refractivity contribution < 1.29 is 18.3 Å². The van der Waals surface area contributed by atoms with Gasteiger partial charge in [-0.2, -0.15) is 0 Å². The second-order valence-electron chi connectivity index (χ2n) is 4.45. The van der Waals surface area contributed by atoms with E-state index >= 15 is 0 Å². The minimum absolute atomic E-state index is 0.0208. The molecular weight excluding hydrogens is 230 g/mol. The highest BCUT2D eigenvalue weighted by Crippen LogP contribution is 2.24. The zero-order valence-corrected chi connectivity index (χ0v) is 10.3. The van der Waals surface area contributed by atoms with Gasteiger partial charge in [0.1, 0.15) is 0 Å². The van der Waals surface area contributed by atoms with Crippen molar-refractivity contribution >= 4 is 16.0 Å². The van der Waals surface area contributed by atoms with Gasteiger partial charge in [0, 0.05) is 6.04 Å². The van der Waals surface area contributed by atoms with E-state index in [1.165, 1.54) is 0 Å². The van der Waals surface area contributed by atoms with Crippen LogP contribution in [-0.2, 0) is 14.8 Å². The van der Waals surface area contributed by atoms with Crippen LogP contribution in [-0.4, -0.2) is 31.3 Å². The van der Waals surface area contributed by atoms with Crippen molar-refractivity contribution in [2.24, 2.45) is 5.92 Å². The lowest BCUT2D eigenvalue weighted by Gasteiger charge is -2.29. The third-order valence-corrected chi connectivity index (χ3v) is 4.43. The average Bonchev–Trinajstić information content (AvgIpc) is 2.19. The maximum atomic E-state index is 11.6. The van der Waals surface area contributed by atoms with E-state index in [4.69, 9.17) is 5.11 Å². The van der Waals surface area contributed by atoms with Crippen molar-refractivity contribution in [3.8, 4) is 0 Å². The standard InChI is InChI=1S/C10H19NO4S/c1-8-4-2-3-5-9(8)11-16(14,15)7-6-10(12)13/h8-9,11H,2-7H2,1H3,(H,12,13). The predicted octanol–water partition coefficient (Wildman–Crippen LogP) is 0.959. The molecule has 0 aromatic heterocycles. The molecule has 0 aromatic rings. The number of carboxylic acids is 1. The number of carboxylic acid groups (broad SMARTS) is 1. The highest BCUT2D eigenvalue weighted by atomic mass is 32.2. The van der Waals surface area contributed by atoms with E-state index in [-0.39, 0.29) is 18.2 Å². The van der Waals surface area contributed by atoms with Crippen molar-refractivity contribution in [2.75, 3.05) is 5.75 Å². The summed E-state index contributed by atoms with van der Waals surface area (Å²) < 4.78 is 25.8. The Hall–Kier alpha value is -0.620. The molecule has 1 saturated carbocycles. The van der Waals surface area contributed by atoms with E-state index in [9.17, 15) is 13.2 Å². The molecule has 0 bridgehead atoms. The Kier molecular flexibility index (Phi) is 4.73. The van der Waals surface area contributed by atoms with Crippen LogP contribution in [0.2, 0.25) is 0 Å². The molecule has 0 aliphatic heterocycles. The molecule has 0 spiro atoms. The molecule has 2 atom stereocenters. The Morgan fingerprint density at radius 2 is 2.00 bits per heavy atom. The van der Waals surface area contributed by atoms with Crippen LogP contribution in [0.3, 0.4) is 0 Å². The van der Waals surface area contributed by atoms with Gasteiger partial charge >= 0.3 is 5.97 Å². The molecule has 1 fully saturated rings. The van der Waals surface area contributed by atoms with Crippen molar-refractivity contribution in [1.29, 1.82) is 0 Å². The van der Waals surface area contributed by atoms with Crippen LogP contribution in [0.25, 0.3) is 0 Å². The smallest absolute Gasteiger partial charge is 0.304 e. The van der Waals surface area contributed by atoms with Crippen molar-refractivity contribution in [1.82, 2.24) is 4.72 Å². The van der Waals surface area contributed by atoms with E-state index in [0.29, 0.717) is 5.92 Å². The lowest BCUT2D eigenvalue weighted by molar-refractivity contribution is -0.136. The van der Waals surface area contributed by atoms with E-state index in [1.807, 2.05) is 6.92 Å². The first-order valence-electron chi connectivity index (χ1n) is 5.62. The SMILES string of the molecule is CC1CCCCC1NS(=O)(=O)CCC(=O)O. The summed E-state index contributed by atoms with van der Waals surface area (Å²) in [5.74, 6) is -1.07. The number of rotatable bonds is 5. The second kappa shape index (κ2) is 5.63. The van der Waals surface area contributed by atoms with Crippen LogP contribution < -0.4 is 4.72 Å². The third kappa shape index (κ3) is 4.49. The molecule has 1 aliphatic rings. The van der Waals surface area contributed by atoms with Crippen molar-refractivity contribution in [2.45, 2.75) is 45.1 Å². The number of sulfonamides is 1. The summed E-state index contributed by atoms with van der Waals surface area (Å²) in [7, 11) is -3.44. The fourth-order valence-electron chi connectivity index (χ4n) is 2.00. The van der Waals surface area contributed by atoms with Gasteiger partial charge in [0.25, 0.3) is 0 Å². The number of hydrogen-bond donors (Lipinski definition) is 2. The molecule has 0 heterocycles. The summed E-state index contributed by atoms with van der Waals surface area (Å²) in [4.78, 5) is 10.3. The highest BCUT2D eigenvalue weighted by Gasteiger charge is 2.25. The molecule has 2 N–H and O–H groups in total. The molecular formula is C10H19NO4S. The molecule has 5 nitrogen and oxygen atoms in total. The quantitative estimate of drug-likeness (QED) is 0.760. The molecule has 1 rings (SSSR count). The molecule has 0 radical (unpaired) electrons. The number of carbonyl (C=O) groups is 1. The lowest BCUT2D eigenvalue weighted by Crippen LogP contribution is -2.42. The van der Waals surface area contributed by atoms with E-state index in [1.54, 1.807) is 0 Å². The molecule has 0 amide bonds. The molecule has 0 aromatic carbocycles. The molecule has 16 heavy (non-hydrogen) atoms. The summed E-state index contributed by atoms with van der Waals surface area (Å²) >= 11 is 0. The molecule has 94 valence electrons. The average molecular weight is 249 g/mol. The maximum Gasteiger partial charge on any atom is 0.304 e. The topological polar surface area (TPSA) is 83.5 Å². The third-order valence-electron chi connectivity index (χ3n) is 3.03. The van der Waals surface area contributed by atoms with Gasteiger partial charge in [0.05, 0.1) is 12.2 Å². The summed E-state index contributed by atoms with van der Waals surface area (Å²) in [6, 6.07) is -0.0208. The Morgan fingerprint density at radius 3 is 2.56 bits per heavy atom. The molecule has 0 saturated heterocycles. The minimum atomic E-state index is -3.44. The largest absolute Gasteiger partial charge is 0.481 e. The summed E-state index contributed by atoms with van der Waals surface area (Å²) in [6.07, 6.45) is 3.74. The van der Waals surface area contributed by atoms with Gasteiger partial charge in [-0.05, 0) is 18.8 Å². The fraction of sp³-hybridized carbons (Fsp3) is 0.900. The van der Waals surface area contributed by atoms with Crippen LogP contribution in [0.15, 0.2) is 0 Å². The van der Waals surface area contributed by atoms with Crippen LogP contribution in [0.4, 0.5) is 0 Å². The van der Waals surface area contributed by atoms with Gasteiger partial charge < -0.3 is 5.11 Å². The number of nitrogens with one attached hydrogen (secondary N) is 1. The Balaban J connectivity index is 2.47. The fourth-order valence-corrected chi connectivity index (χ4v) is 3.38. The summed E-state index contributed by atoms with van der Waals surface area (Å²) in [6.45, 7) is 2.03. The van der Waals surface area contributed by atoms with E-state index < -0.39 is 16.0 Å². The van der Waals surface area contributed by atoms with Crippen LogP contribution in [0.5, 0.6) is 0 Å². The van der Waals surface area contributed by atoms with Crippen LogP contribution in [0.1, 0.15) is 39.0 Å². The van der Waals surface area contributed by atoms with Crippen LogP contribution >= 0.6 is 0 Å². The number of hydrogen-bond acceptors (Lipinski definition) is 3. The molecule has 1 aliphatic carbocycles. The lowest BCUT2D eigenvalue weighted by atomic mass is 9.87. The molecule has 2 unspecified atom stereocenters. The normalized spacial score (nSPS) is 26.6. The molecule has 6 heteroatoms. The Bertz CT molecular complexity index is 339. The van der Waals surface area contributed by atoms with Crippen molar-refractivity contribution in [3.63, 3.8) is 0 Å². The van der Waals surface area contributed by atoms with Crippen molar-refractivity contribution in [3.05, 3.63) is 0 Å². The van der Waals surface area contributed by atoms with Crippen LogP contribution in [0, 0.1) is 5.92 Å². The van der Waals surface area contributed by atoms with Gasteiger partial charge in [0.2, 0.25) is 10.0 Å². The van der Waals surface area contributed by atoms with E-state index in [2.05, 4.69) is 4.72 Å². The minimum Gasteiger partial charge on any atom is -0.481 e. The first-order chi connectivity index (χ1) is 7.41. The summed E-state index contributed by atoms with van der Waals surface area (Å²) in [5.41, 5.74) is 0. The first-order valence-corrected chi connectivity index (χ1v) is 7.28. The van der Waals surface area contributed by atoms with E-state index in [0.717, 1.165) is 25.7 Å². The van der Waals surface area contributed by atoms with Gasteiger partial charge in [-0.15, -0.1) is 0 Å². The predicted molar refractivity (Wildman–Crippen MR) is 60.6 cm³/mol. The monoisotopic (exact) mass is 249 g/mol. The Morgan fingerprint density at radius 1 is 1.38 bits per heavy atom.